The second-order valence-corrected chi connectivity index (χ2v) is 8.07. The highest BCUT2D eigenvalue weighted by Gasteiger charge is 2.20. The van der Waals surface area contributed by atoms with Crippen LogP contribution in [-0.4, -0.2) is 28.3 Å². The van der Waals surface area contributed by atoms with Crippen LogP contribution in [0.5, 0.6) is 0 Å². The molecule has 4 heteroatoms. The molecule has 1 aliphatic rings. The summed E-state index contributed by atoms with van der Waals surface area (Å²) >= 11 is 0. The minimum absolute atomic E-state index is 0.456. The van der Waals surface area contributed by atoms with E-state index in [0.717, 1.165) is 24.0 Å². The number of nitrogens with one attached hydrogen (secondary N) is 3. The van der Waals surface area contributed by atoms with Crippen LogP contribution in [0.3, 0.4) is 0 Å². The Hall–Kier alpha value is -2.59. The van der Waals surface area contributed by atoms with Gasteiger partial charge in [-0.25, -0.2) is 0 Å². The summed E-state index contributed by atoms with van der Waals surface area (Å²) in [5, 5.41) is 13.2. The Balaban J connectivity index is 1.66. The maximum absolute atomic E-state index is 4.16. The predicted molar refractivity (Wildman–Crippen MR) is 112 cm³/mol. The van der Waals surface area contributed by atoms with E-state index in [1.165, 1.54) is 46.1 Å². The van der Waals surface area contributed by atoms with E-state index < -0.39 is 0 Å². The molecule has 0 saturated carbocycles. The van der Waals surface area contributed by atoms with Gasteiger partial charge in [0.25, 0.3) is 0 Å². The predicted octanol–water partition coefficient (Wildman–Crippen LogP) is 5.30. The molecule has 3 N–H and O–H groups in total. The van der Waals surface area contributed by atoms with Gasteiger partial charge in [0.05, 0.1) is 11.7 Å². The third-order valence-electron chi connectivity index (χ3n) is 5.98. The number of aromatic amines is 2. The van der Waals surface area contributed by atoms with E-state index in [0.29, 0.717) is 11.8 Å². The van der Waals surface area contributed by atoms with Gasteiger partial charge < -0.3 is 10.3 Å². The van der Waals surface area contributed by atoms with Crippen LogP contribution in [0.15, 0.2) is 42.6 Å². The molecule has 1 saturated heterocycles. The van der Waals surface area contributed by atoms with Gasteiger partial charge in [-0.1, -0.05) is 26.0 Å². The van der Waals surface area contributed by atoms with Crippen molar-refractivity contribution in [3.8, 4) is 11.3 Å². The second-order valence-electron chi connectivity index (χ2n) is 8.07. The van der Waals surface area contributed by atoms with Crippen molar-refractivity contribution in [3.05, 3.63) is 53.7 Å². The van der Waals surface area contributed by atoms with Crippen LogP contribution in [0.4, 0.5) is 0 Å². The van der Waals surface area contributed by atoms with Gasteiger partial charge in [-0.15, -0.1) is 0 Å². The molecular formula is C23H26N4. The summed E-state index contributed by atoms with van der Waals surface area (Å²) in [7, 11) is 0. The molecule has 0 radical (unpaired) electrons. The molecule has 27 heavy (non-hydrogen) atoms. The number of hydrogen-bond donors (Lipinski definition) is 3. The molecule has 4 nitrogen and oxygen atoms in total. The minimum atomic E-state index is 0.456. The van der Waals surface area contributed by atoms with Gasteiger partial charge in [0, 0.05) is 22.0 Å². The van der Waals surface area contributed by atoms with Gasteiger partial charge in [-0.2, -0.15) is 5.10 Å². The van der Waals surface area contributed by atoms with Crippen LogP contribution in [0.2, 0.25) is 0 Å². The molecule has 0 atom stereocenters. The lowest BCUT2D eigenvalue weighted by Gasteiger charge is -2.23. The number of nitrogens with zero attached hydrogens (tertiary/aromatic N) is 1. The number of benzene rings is 2. The average molecular weight is 358 g/mol. The van der Waals surface area contributed by atoms with Crippen LogP contribution >= 0.6 is 0 Å². The number of aromatic nitrogens is 3. The molecule has 3 heterocycles. The van der Waals surface area contributed by atoms with Crippen molar-refractivity contribution in [2.75, 3.05) is 13.1 Å². The molecule has 1 fully saturated rings. The molecule has 5 rings (SSSR count). The normalized spacial score (nSPS) is 16.0. The van der Waals surface area contributed by atoms with Crippen molar-refractivity contribution in [1.29, 1.82) is 0 Å². The Morgan fingerprint density at radius 3 is 2.63 bits per heavy atom. The van der Waals surface area contributed by atoms with Gasteiger partial charge in [0.1, 0.15) is 0 Å². The van der Waals surface area contributed by atoms with Crippen molar-refractivity contribution in [1.82, 2.24) is 20.5 Å². The number of rotatable bonds is 3. The number of fused-ring (bicyclic) bond motifs is 2. The maximum Gasteiger partial charge on any atom is 0.0650 e. The highest BCUT2D eigenvalue weighted by Crippen LogP contribution is 2.38. The first kappa shape index (κ1) is 16.6. The van der Waals surface area contributed by atoms with Crippen LogP contribution in [-0.2, 0) is 0 Å². The lowest BCUT2D eigenvalue weighted by molar-refractivity contribution is 0.460. The van der Waals surface area contributed by atoms with E-state index in [1.54, 1.807) is 0 Å². The zero-order valence-electron chi connectivity index (χ0n) is 16.0. The van der Waals surface area contributed by atoms with Crippen LogP contribution < -0.4 is 5.32 Å². The van der Waals surface area contributed by atoms with Crippen molar-refractivity contribution < 1.29 is 0 Å². The Morgan fingerprint density at radius 1 is 1.00 bits per heavy atom. The first-order valence-corrected chi connectivity index (χ1v) is 10.0. The summed E-state index contributed by atoms with van der Waals surface area (Å²) in [6.07, 6.45) is 4.36. The lowest BCUT2D eigenvalue weighted by Crippen LogP contribution is -2.26. The van der Waals surface area contributed by atoms with Crippen molar-refractivity contribution in [2.45, 2.75) is 38.5 Å². The molecular weight excluding hydrogens is 332 g/mol. The molecule has 0 unspecified atom stereocenters. The summed E-state index contributed by atoms with van der Waals surface area (Å²) < 4.78 is 0. The van der Waals surface area contributed by atoms with Gasteiger partial charge in [-0.3, -0.25) is 5.10 Å². The van der Waals surface area contributed by atoms with Crippen LogP contribution in [0.25, 0.3) is 33.1 Å². The van der Waals surface area contributed by atoms with Crippen LogP contribution in [0, 0.1) is 0 Å². The third kappa shape index (κ3) is 2.85. The highest BCUT2D eigenvalue weighted by atomic mass is 15.1. The van der Waals surface area contributed by atoms with E-state index in [2.05, 4.69) is 70.7 Å². The van der Waals surface area contributed by atoms with E-state index in [9.17, 15) is 0 Å². The monoisotopic (exact) mass is 358 g/mol. The summed E-state index contributed by atoms with van der Waals surface area (Å²) in [5.41, 5.74) is 7.69. The molecule has 2 aromatic heterocycles. The Bertz CT molecular complexity index is 1100. The smallest absolute Gasteiger partial charge is 0.0650 e. The lowest BCUT2D eigenvalue weighted by atomic mass is 9.88. The van der Waals surface area contributed by atoms with E-state index >= 15 is 0 Å². The zero-order chi connectivity index (χ0) is 18.4. The fourth-order valence-electron chi connectivity index (χ4n) is 4.57. The van der Waals surface area contributed by atoms with Crippen LogP contribution in [0.1, 0.15) is 49.7 Å². The summed E-state index contributed by atoms with van der Waals surface area (Å²) in [6.45, 7) is 6.84. The van der Waals surface area contributed by atoms with Crippen molar-refractivity contribution in [2.24, 2.45) is 0 Å². The molecule has 4 aromatic rings. The SMILES string of the molecule is CC(C)c1c(-c2ccc3[nH]ncc3c2)[nH]c2ccc(C3CCNCC3)cc12. The van der Waals surface area contributed by atoms with E-state index in [-0.39, 0.29) is 0 Å². The zero-order valence-corrected chi connectivity index (χ0v) is 16.0. The fourth-order valence-corrected chi connectivity index (χ4v) is 4.57. The highest BCUT2D eigenvalue weighted by molar-refractivity contribution is 5.94. The summed E-state index contributed by atoms with van der Waals surface area (Å²) in [4.78, 5) is 3.71. The van der Waals surface area contributed by atoms with E-state index in [1.807, 2.05) is 6.20 Å². The molecule has 2 aromatic carbocycles. The first-order chi connectivity index (χ1) is 13.2. The Morgan fingerprint density at radius 2 is 1.81 bits per heavy atom. The largest absolute Gasteiger partial charge is 0.354 e. The molecule has 0 bridgehead atoms. The van der Waals surface area contributed by atoms with Gasteiger partial charge in [0.15, 0.2) is 0 Å². The van der Waals surface area contributed by atoms with Gasteiger partial charge >= 0.3 is 0 Å². The minimum Gasteiger partial charge on any atom is -0.354 e. The van der Waals surface area contributed by atoms with Gasteiger partial charge in [-0.05, 0) is 78.7 Å². The number of H-pyrrole nitrogens is 2. The second kappa shape index (κ2) is 6.54. The molecule has 138 valence electrons. The summed E-state index contributed by atoms with van der Waals surface area (Å²) in [5.74, 6) is 1.13. The van der Waals surface area contributed by atoms with Gasteiger partial charge in [0.2, 0.25) is 0 Å². The number of piperidine rings is 1. The summed E-state index contributed by atoms with van der Waals surface area (Å²) in [6, 6.07) is 13.6. The topological polar surface area (TPSA) is 56.5 Å². The molecule has 0 aliphatic carbocycles. The van der Waals surface area contributed by atoms with E-state index in [4.69, 9.17) is 0 Å². The Kier molecular flexibility index (Phi) is 4.01. The molecule has 0 spiro atoms. The quantitative estimate of drug-likeness (QED) is 0.465. The number of hydrogen-bond acceptors (Lipinski definition) is 2. The maximum atomic E-state index is 4.16. The first-order valence-electron chi connectivity index (χ1n) is 10.0. The molecule has 0 amide bonds. The Labute approximate surface area is 159 Å². The fraction of sp³-hybridized carbons (Fsp3) is 0.348. The van der Waals surface area contributed by atoms with Crippen molar-refractivity contribution in [3.63, 3.8) is 0 Å². The molecule has 1 aliphatic heterocycles. The van der Waals surface area contributed by atoms with Crippen molar-refractivity contribution >= 4 is 21.8 Å². The standard InChI is InChI=1S/C23H26N4/c1-14(2)22-19-12-16(15-7-9-24-10-8-15)3-6-21(19)26-23(22)17-4-5-20-18(11-17)13-25-27-20/h3-6,11-15,24,26H,7-10H2,1-2H3,(H,25,27). The third-order valence-corrected chi connectivity index (χ3v) is 5.98. The average Bonchev–Trinajstić information content (AvgIpc) is 3.31.